The van der Waals surface area contributed by atoms with Crippen LogP contribution >= 0.6 is 0 Å². The molecule has 1 aromatic carbocycles. The number of nitrogens with zero attached hydrogens (tertiary/aromatic N) is 2. The van der Waals surface area contributed by atoms with Crippen molar-refractivity contribution in [1.82, 2.24) is 9.97 Å². The molecule has 0 unspecified atom stereocenters. The minimum Gasteiger partial charge on any atom is -0.330 e. The van der Waals surface area contributed by atoms with Crippen LogP contribution in [0.4, 0.5) is 14.5 Å². The van der Waals surface area contributed by atoms with Crippen LogP contribution < -0.4 is 11.3 Å². The van der Waals surface area contributed by atoms with E-state index in [9.17, 15) is 23.7 Å². The van der Waals surface area contributed by atoms with Crippen LogP contribution in [0.5, 0.6) is 0 Å². The van der Waals surface area contributed by atoms with Crippen LogP contribution in [0.25, 0.3) is 11.4 Å². The number of nitrogens with two attached hydrogens (primary N) is 1. The molecule has 0 saturated heterocycles. The van der Waals surface area contributed by atoms with E-state index < -0.39 is 39.2 Å². The number of benzene rings is 1. The molecule has 2 aromatic rings. The SMILES string of the molecule is NCCc1cc(=O)[nH]c(-c2c(F)ccc([N+](=O)[O-])c2F)n1. The van der Waals surface area contributed by atoms with Gasteiger partial charge in [-0.25, -0.2) is 9.37 Å². The molecule has 0 atom stereocenters. The Morgan fingerprint density at radius 2 is 2.10 bits per heavy atom. The Bertz CT molecular complexity index is 761. The van der Waals surface area contributed by atoms with Crippen molar-refractivity contribution in [3.05, 3.63) is 56.0 Å². The second-order valence-electron chi connectivity index (χ2n) is 4.14. The van der Waals surface area contributed by atoms with E-state index in [0.29, 0.717) is 6.07 Å². The average molecular weight is 296 g/mol. The third kappa shape index (κ3) is 2.92. The zero-order chi connectivity index (χ0) is 15.6. The standard InChI is InChI=1S/C12H10F2N4O3/c13-7-1-2-8(18(20)21)11(14)10(7)12-16-6(3-4-15)5-9(19)17-12/h1-2,5H,3-4,15H2,(H,16,17,19). The van der Waals surface area contributed by atoms with Crippen molar-refractivity contribution in [2.24, 2.45) is 5.73 Å². The average Bonchev–Trinajstić information content (AvgIpc) is 2.38. The first-order valence-electron chi connectivity index (χ1n) is 5.87. The van der Waals surface area contributed by atoms with Gasteiger partial charge in [0.05, 0.1) is 10.5 Å². The lowest BCUT2D eigenvalue weighted by molar-refractivity contribution is -0.387. The van der Waals surface area contributed by atoms with Crippen LogP contribution in [0.3, 0.4) is 0 Å². The van der Waals surface area contributed by atoms with Gasteiger partial charge in [-0.2, -0.15) is 4.39 Å². The van der Waals surface area contributed by atoms with Crippen molar-refractivity contribution in [2.45, 2.75) is 6.42 Å². The van der Waals surface area contributed by atoms with Gasteiger partial charge in [0.1, 0.15) is 11.6 Å². The van der Waals surface area contributed by atoms with Crippen LogP contribution in [0.1, 0.15) is 5.69 Å². The summed E-state index contributed by atoms with van der Waals surface area (Å²) in [4.78, 5) is 27.2. The third-order valence-corrected chi connectivity index (χ3v) is 2.70. The van der Waals surface area contributed by atoms with Crippen molar-refractivity contribution < 1.29 is 13.7 Å². The van der Waals surface area contributed by atoms with E-state index in [4.69, 9.17) is 5.73 Å². The maximum Gasteiger partial charge on any atom is 0.305 e. The fourth-order valence-electron chi connectivity index (χ4n) is 1.80. The van der Waals surface area contributed by atoms with Gasteiger partial charge < -0.3 is 10.7 Å². The molecule has 1 aromatic heterocycles. The van der Waals surface area contributed by atoms with Crippen LogP contribution in [0.15, 0.2) is 23.0 Å². The van der Waals surface area contributed by atoms with Crippen molar-refractivity contribution in [3.63, 3.8) is 0 Å². The highest BCUT2D eigenvalue weighted by atomic mass is 19.1. The monoisotopic (exact) mass is 296 g/mol. The summed E-state index contributed by atoms with van der Waals surface area (Å²) >= 11 is 0. The fraction of sp³-hybridized carbons (Fsp3) is 0.167. The smallest absolute Gasteiger partial charge is 0.305 e. The zero-order valence-corrected chi connectivity index (χ0v) is 10.6. The molecule has 0 aliphatic heterocycles. The van der Waals surface area contributed by atoms with Crippen LogP contribution in [0, 0.1) is 21.7 Å². The van der Waals surface area contributed by atoms with Crippen molar-refractivity contribution in [1.29, 1.82) is 0 Å². The molecule has 9 heteroatoms. The number of nitro groups is 1. The predicted molar refractivity (Wildman–Crippen MR) is 69.6 cm³/mol. The maximum absolute atomic E-state index is 14.1. The largest absolute Gasteiger partial charge is 0.330 e. The Morgan fingerprint density at radius 1 is 1.38 bits per heavy atom. The normalized spacial score (nSPS) is 10.6. The summed E-state index contributed by atoms with van der Waals surface area (Å²) in [5.74, 6) is -2.87. The molecule has 110 valence electrons. The highest BCUT2D eigenvalue weighted by molar-refractivity contribution is 5.61. The molecule has 0 radical (unpaired) electrons. The van der Waals surface area contributed by atoms with Crippen LogP contribution in [-0.2, 0) is 6.42 Å². The number of rotatable bonds is 4. The van der Waals surface area contributed by atoms with Gasteiger partial charge in [-0.15, -0.1) is 0 Å². The van der Waals surface area contributed by atoms with Crippen molar-refractivity contribution in [2.75, 3.05) is 6.54 Å². The molecule has 0 aliphatic rings. The first kappa shape index (κ1) is 14.7. The highest BCUT2D eigenvalue weighted by Crippen LogP contribution is 2.29. The Balaban J connectivity index is 2.69. The molecular weight excluding hydrogens is 286 g/mol. The van der Waals surface area contributed by atoms with E-state index in [1.807, 2.05) is 0 Å². The minimum absolute atomic E-state index is 0.190. The van der Waals surface area contributed by atoms with Crippen LogP contribution in [0.2, 0.25) is 0 Å². The molecule has 0 aliphatic carbocycles. The lowest BCUT2D eigenvalue weighted by Crippen LogP contribution is -2.14. The number of hydrogen-bond donors (Lipinski definition) is 2. The topological polar surface area (TPSA) is 115 Å². The van der Waals surface area contributed by atoms with Crippen LogP contribution in [-0.4, -0.2) is 21.4 Å². The molecule has 21 heavy (non-hydrogen) atoms. The number of H-pyrrole nitrogens is 1. The Labute approximate surface area is 116 Å². The number of aromatic amines is 1. The van der Waals surface area contributed by atoms with Gasteiger partial charge in [0.2, 0.25) is 5.82 Å². The molecule has 1 heterocycles. The van der Waals surface area contributed by atoms with Crippen molar-refractivity contribution >= 4 is 5.69 Å². The van der Waals surface area contributed by atoms with Crippen molar-refractivity contribution in [3.8, 4) is 11.4 Å². The van der Waals surface area contributed by atoms with Gasteiger partial charge in [0, 0.05) is 24.2 Å². The first-order valence-corrected chi connectivity index (χ1v) is 5.87. The Morgan fingerprint density at radius 3 is 2.71 bits per heavy atom. The molecule has 0 amide bonds. The lowest BCUT2D eigenvalue weighted by Gasteiger charge is -2.06. The van der Waals surface area contributed by atoms with E-state index in [-0.39, 0.29) is 18.7 Å². The van der Waals surface area contributed by atoms with Gasteiger partial charge in [-0.3, -0.25) is 14.9 Å². The fourth-order valence-corrected chi connectivity index (χ4v) is 1.80. The highest BCUT2D eigenvalue weighted by Gasteiger charge is 2.24. The molecule has 0 saturated carbocycles. The molecule has 0 spiro atoms. The summed E-state index contributed by atoms with van der Waals surface area (Å²) < 4.78 is 27.8. The second-order valence-corrected chi connectivity index (χ2v) is 4.14. The summed E-state index contributed by atoms with van der Waals surface area (Å²) in [6, 6.07) is 2.59. The van der Waals surface area contributed by atoms with Gasteiger partial charge in [0.25, 0.3) is 5.56 Å². The Kier molecular flexibility index (Phi) is 4.03. The maximum atomic E-state index is 14.1. The van der Waals surface area contributed by atoms with Gasteiger partial charge in [0.15, 0.2) is 0 Å². The molecule has 7 nitrogen and oxygen atoms in total. The predicted octanol–water partition coefficient (Wildman–Crippen LogP) is 1.12. The van der Waals surface area contributed by atoms with E-state index >= 15 is 0 Å². The van der Waals surface area contributed by atoms with E-state index in [2.05, 4.69) is 9.97 Å². The van der Waals surface area contributed by atoms with E-state index in [1.165, 1.54) is 0 Å². The molecule has 0 bridgehead atoms. The summed E-state index contributed by atoms with van der Waals surface area (Å²) in [6.07, 6.45) is 0.231. The van der Waals surface area contributed by atoms with E-state index in [1.54, 1.807) is 0 Å². The number of aromatic nitrogens is 2. The summed E-state index contributed by atoms with van der Waals surface area (Å²) in [7, 11) is 0. The number of hydrogen-bond acceptors (Lipinski definition) is 5. The minimum atomic E-state index is -1.40. The summed E-state index contributed by atoms with van der Waals surface area (Å²) in [5.41, 5.74) is 3.29. The molecule has 2 rings (SSSR count). The van der Waals surface area contributed by atoms with Gasteiger partial charge in [-0.1, -0.05) is 0 Å². The third-order valence-electron chi connectivity index (χ3n) is 2.70. The summed E-state index contributed by atoms with van der Waals surface area (Å²) in [5, 5.41) is 10.7. The lowest BCUT2D eigenvalue weighted by atomic mass is 10.1. The van der Waals surface area contributed by atoms with E-state index in [0.717, 1.165) is 12.1 Å². The molecule has 0 fully saturated rings. The van der Waals surface area contributed by atoms with Gasteiger partial charge >= 0.3 is 5.69 Å². The Hall–Kier alpha value is -2.68. The number of halogens is 2. The first-order chi connectivity index (χ1) is 9.93. The zero-order valence-electron chi connectivity index (χ0n) is 10.6. The van der Waals surface area contributed by atoms with Gasteiger partial charge in [-0.05, 0) is 12.6 Å². The number of nitrogens with one attached hydrogen (secondary N) is 1. The summed E-state index contributed by atoms with van der Waals surface area (Å²) in [6.45, 7) is 0.190. The molecular formula is C12H10F2N4O3. The molecule has 3 N–H and O–H groups in total. The number of nitro benzene ring substituents is 1. The second kappa shape index (κ2) is 5.75. The quantitative estimate of drug-likeness (QED) is 0.648.